The van der Waals surface area contributed by atoms with Crippen LogP contribution in [0.25, 0.3) is 0 Å². The smallest absolute Gasteiger partial charge is 0.786 e. The predicted molar refractivity (Wildman–Crippen MR) is 26.5 cm³/mol. The fourth-order valence-corrected chi connectivity index (χ4v) is 0. The van der Waals surface area contributed by atoms with Gasteiger partial charge in [-0.25, -0.2) is 4.20 Å². The second kappa shape index (κ2) is 6.26. The molecule has 0 saturated heterocycles. The van der Waals surface area contributed by atoms with Crippen LogP contribution in [0, 0.1) is 0 Å². The Hall–Kier alpha value is 0.722. The normalized spacial score (nSPS) is 10.7. The molecular weight excluding hydrogens is 220 g/mol. The van der Waals surface area contributed by atoms with Crippen LogP contribution in [0.1, 0.15) is 0 Å². The van der Waals surface area contributed by atoms with Gasteiger partial charge in [-0.15, -0.1) is 0 Å². The zero-order chi connectivity index (χ0) is 9.00. The fraction of sp³-hybridized carbons (Fsp3) is 0. The van der Waals surface area contributed by atoms with Gasteiger partial charge in [-0.3, -0.25) is 4.57 Å². The van der Waals surface area contributed by atoms with E-state index < -0.39 is 15.7 Å². The molecule has 0 rings (SSSR count). The summed E-state index contributed by atoms with van der Waals surface area (Å²) in [5.41, 5.74) is 0. The minimum atomic E-state index is -5.64. The molecule has 0 unspecified atom stereocenters. The van der Waals surface area contributed by atoms with Gasteiger partial charge in [0.2, 0.25) is 0 Å². The van der Waals surface area contributed by atoms with Crippen molar-refractivity contribution >= 4 is 33.1 Å². The molecule has 0 heterocycles. The average Bonchev–Trinajstić information content (AvgIpc) is 1.12. The van der Waals surface area contributed by atoms with Crippen molar-refractivity contribution in [2.24, 2.45) is 0 Å². The minimum absolute atomic E-state index is 0. The maximum absolute atomic E-state index is 10.1. The Balaban J connectivity index is -0.000000107. The van der Waals surface area contributed by atoms with E-state index in [2.05, 4.69) is 0 Å². The molecule has 0 bridgehead atoms. The van der Waals surface area contributed by atoms with Crippen molar-refractivity contribution in [3.05, 3.63) is 0 Å². The first-order chi connectivity index (χ1) is 4.00. The summed E-state index contributed by atoms with van der Waals surface area (Å²) in [4.78, 5) is 39.8. The van der Waals surface area contributed by atoms with Crippen molar-refractivity contribution in [3.63, 3.8) is 0 Å². The molecule has 11 heavy (non-hydrogen) atoms. The minimum Gasteiger partial charge on any atom is -0.786 e. The summed E-state index contributed by atoms with van der Waals surface area (Å²) >= 11 is 0. The maximum Gasteiger partial charge on any atom is 3.00 e. The van der Waals surface area contributed by atoms with Gasteiger partial charge in [0.25, 0.3) is 7.82 Å². The van der Waals surface area contributed by atoms with E-state index in [0.717, 1.165) is 0 Å². The van der Waals surface area contributed by atoms with E-state index in [1.807, 2.05) is 0 Å². The molecule has 0 atom stereocenters. The van der Waals surface area contributed by atoms with E-state index in [0.29, 0.717) is 0 Å². The van der Waals surface area contributed by atoms with E-state index in [1.165, 1.54) is 0 Å². The summed E-state index contributed by atoms with van der Waals surface area (Å²) in [6, 6.07) is 0. The molecule has 0 radical (unpaired) electrons. The molecule has 0 amide bonds. The summed E-state index contributed by atoms with van der Waals surface area (Å²) in [6.45, 7) is 0. The van der Waals surface area contributed by atoms with Gasteiger partial charge in [0, 0.05) is 0 Å². The van der Waals surface area contributed by atoms with E-state index in [4.69, 9.17) is 33.6 Å². The predicted octanol–water partition coefficient (Wildman–Crippen LogP) is -3.16. The molecule has 0 spiro atoms. The van der Waals surface area contributed by atoms with Crippen molar-refractivity contribution in [3.8, 4) is 0 Å². The van der Waals surface area contributed by atoms with Gasteiger partial charge in [0.15, 0.2) is 0 Å². The second-order valence-corrected chi connectivity index (χ2v) is 2.76. The van der Waals surface area contributed by atoms with Crippen LogP contribution in [0.2, 0.25) is 0 Å². The number of rotatable bonds is 0. The molecule has 0 aliphatic carbocycles. The van der Waals surface area contributed by atoms with E-state index >= 15 is 0 Å². The first-order valence-electron chi connectivity index (χ1n) is 1.48. The molecule has 0 aliphatic heterocycles. The van der Waals surface area contributed by atoms with Crippen LogP contribution in [0.3, 0.4) is 0 Å². The van der Waals surface area contributed by atoms with Crippen molar-refractivity contribution in [2.75, 3.05) is 0 Å². The van der Waals surface area contributed by atoms with Gasteiger partial charge in [-0.2, -0.15) is 0 Å². The standard InChI is InChI=1S/Al.FH2O3P.H3O4P/c;2*1-5(2,3)4/h;(H2,2,3,4);(H3,1,2,3,4)/q+3;;/p-3. The van der Waals surface area contributed by atoms with Crippen molar-refractivity contribution < 1.29 is 37.8 Å². The van der Waals surface area contributed by atoms with Crippen molar-refractivity contribution in [1.29, 1.82) is 0 Å². The summed E-state index contributed by atoms with van der Waals surface area (Å²) in [7, 11) is -10.5. The zero-order valence-corrected chi connectivity index (χ0v) is 7.73. The Labute approximate surface area is 71.5 Å². The van der Waals surface area contributed by atoms with Gasteiger partial charge < -0.3 is 29.0 Å². The SMILES string of the molecule is O=P([O-])(O)O.O=P([O-])([O-])F.[Al+3]. The largest absolute Gasteiger partial charge is 3.00 e. The Morgan fingerprint density at radius 3 is 1.09 bits per heavy atom. The molecule has 0 aromatic carbocycles. The fourth-order valence-electron chi connectivity index (χ4n) is 0. The summed E-state index contributed by atoms with van der Waals surface area (Å²) in [5, 5.41) is 0. The molecule has 0 fully saturated rings. The molecule has 0 aliphatic rings. The quantitative estimate of drug-likeness (QED) is 0.325. The van der Waals surface area contributed by atoms with E-state index in [-0.39, 0.29) is 17.4 Å². The van der Waals surface area contributed by atoms with Crippen LogP contribution >= 0.6 is 15.7 Å². The number of hydrogen-bond donors (Lipinski definition) is 2. The van der Waals surface area contributed by atoms with Crippen LogP contribution in [0.4, 0.5) is 4.20 Å². The first-order valence-corrected chi connectivity index (χ1v) is 4.45. The third-order valence-corrected chi connectivity index (χ3v) is 0. The van der Waals surface area contributed by atoms with Crippen LogP contribution in [-0.2, 0) is 9.13 Å². The molecule has 7 nitrogen and oxygen atoms in total. The Morgan fingerprint density at radius 1 is 1.09 bits per heavy atom. The van der Waals surface area contributed by atoms with Crippen LogP contribution < -0.4 is 14.7 Å². The summed E-state index contributed by atoms with van der Waals surface area (Å²) in [5.74, 6) is 0. The third-order valence-electron chi connectivity index (χ3n) is 0. The monoisotopic (exact) mass is 222 g/mol. The zero-order valence-electron chi connectivity index (χ0n) is 4.79. The number of halogens is 1. The van der Waals surface area contributed by atoms with Gasteiger partial charge in [-0.05, 0) is 0 Å². The molecule has 0 saturated carbocycles. The molecule has 0 aromatic heterocycles. The average molecular weight is 222 g/mol. The van der Waals surface area contributed by atoms with Gasteiger partial charge in [0.1, 0.15) is 7.91 Å². The van der Waals surface area contributed by atoms with Crippen LogP contribution in [-0.4, -0.2) is 27.1 Å². The molecule has 2 N–H and O–H groups in total. The molecular formula is H2AlFO7P2. The first kappa shape index (κ1) is 17.7. The van der Waals surface area contributed by atoms with Gasteiger partial charge in [-0.1, -0.05) is 0 Å². The van der Waals surface area contributed by atoms with E-state index in [1.54, 1.807) is 0 Å². The van der Waals surface area contributed by atoms with E-state index in [9.17, 15) is 4.20 Å². The molecule has 64 valence electrons. The van der Waals surface area contributed by atoms with Gasteiger partial charge >= 0.3 is 17.4 Å². The topological polar surface area (TPSA) is 144 Å². The summed E-state index contributed by atoms with van der Waals surface area (Å²) in [6.07, 6.45) is 0. The van der Waals surface area contributed by atoms with Crippen LogP contribution in [0.5, 0.6) is 0 Å². The van der Waals surface area contributed by atoms with Crippen molar-refractivity contribution in [1.82, 2.24) is 0 Å². The second-order valence-electron chi connectivity index (χ2n) is 0.921. The number of phosphoric acid groups is 1. The third kappa shape index (κ3) is 1560. The van der Waals surface area contributed by atoms with Gasteiger partial charge in [0.05, 0.1) is 0 Å². The number of hydrogen-bond acceptors (Lipinski definition) is 5. The Kier molecular flexibility index (Phi) is 10.1. The summed E-state index contributed by atoms with van der Waals surface area (Å²) < 4.78 is 27.3. The Bertz CT molecular complexity index is 129. The maximum atomic E-state index is 10.1. The Morgan fingerprint density at radius 2 is 1.09 bits per heavy atom. The molecule has 0 aromatic rings. The van der Waals surface area contributed by atoms with Crippen LogP contribution in [0.15, 0.2) is 0 Å². The van der Waals surface area contributed by atoms with Crippen molar-refractivity contribution in [2.45, 2.75) is 0 Å². The molecule has 11 heteroatoms.